The lowest BCUT2D eigenvalue weighted by molar-refractivity contribution is 0.0955. The highest BCUT2D eigenvalue weighted by Crippen LogP contribution is 2.29. The zero-order chi connectivity index (χ0) is 18.6. The number of aryl methyl sites for hydroxylation is 3. The van der Waals surface area contributed by atoms with Gasteiger partial charge in [-0.25, -0.2) is 4.68 Å². The van der Waals surface area contributed by atoms with Gasteiger partial charge in [-0.15, -0.1) is 16.4 Å². The molecule has 2 aromatic rings. The van der Waals surface area contributed by atoms with Crippen molar-refractivity contribution in [1.29, 1.82) is 0 Å². The Morgan fingerprint density at radius 2 is 2.22 bits per heavy atom. The first-order valence-electron chi connectivity index (χ1n) is 10.0. The van der Waals surface area contributed by atoms with Gasteiger partial charge in [-0.1, -0.05) is 6.42 Å². The molecule has 8 heteroatoms. The quantitative estimate of drug-likeness (QED) is 0.768. The first-order chi connectivity index (χ1) is 13.2. The summed E-state index contributed by atoms with van der Waals surface area (Å²) >= 11 is 1.70. The monoisotopic (exact) mass is 388 g/mol. The van der Waals surface area contributed by atoms with Crippen molar-refractivity contribution in [2.45, 2.75) is 51.5 Å². The van der Waals surface area contributed by atoms with Crippen LogP contribution in [0.1, 0.15) is 58.0 Å². The number of hydrogen-bond acceptors (Lipinski definition) is 6. The number of fused-ring (bicyclic) bond motifs is 1. The minimum absolute atomic E-state index is 0.105. The van der Waals surface area contributed by atoms with Crippen LogP contribution in [0.15, 0.2) is 6.07 Å². The third-order valence-electron chi connectivity index (χ3n) is 5.75. The van der Waals surface area contributed by atoms with Crippen LogP contribution in [0.5, 0.6) is 0 Å². The maximum absolute atomic E-state index is 12.5. The number of likely N-dealkylation sites (tertiary alicyclic amines) is 1. The third-order valence-corrected chi connectivity index (χ3v) is 6.99. The van der Waals surface area contributed by atoms with Crippen LogP contribution in [0.2, 0.25) is 0 Å². The van der Waals surface area contributed by atoms with Gasteiger partial charge in [0.15, 0.2) is 5.82 Å². The minimum atomic E-state index is 0.105. The van der Waals surface area contributed by atoms with E-state index in [4.69, 9.17) is 0 Å². The number of hydrogen-bond donors (Lipinski definition) is 1. The molecule has 7 nitrogen and oxygen atoms in total. The first kappa shape index (κ1) is 18.6. The van der Waals surface area contributed by atoms with Gasteiger partial charge in [-0.3, -0.25) is 9.69 Å². The van der Waals surface area contributed by atoms with Crippen molar-refractivity contribution in [3.8, 4) is 0 Å². The highest BCUT2D eigenvalue weighted by atomic mass is 32.1. The molecule has 1 fully saturated rings. The summed E-state index contributed by atoms with van der Waals surface area (Å²) in [6, 6.07) is 2.13. The molecule has 1 aliphatic carbocycles. The molecule has 146 valence electrons. The molecule has 0 spiro atoms. The maximum Gasteiger partial charge on any atom is 0.261 e. The van der Waals surface area contributed by atoms with Crippen molar-refractivity contribution < 1.29 is 4.79 Å². The summed E-state index contributed by atoms with van der Waals surface area (Å²) in [5.41, 5.74) is 1.41. The molecule has 27 heavy (non-hydrogen) atoms. The number of carbonyl (C=O) groups is 1. The Kier molecular flexibility index (Phi) is 5.83. The molecule has 2 aromatic heterocycles. The number of carbonyl (C=O) groups excluding carboxylic acids is 1. The van der Waals surface area contributed by atoms with E-state index in [0.29, 0.717) is 5.92 Å². The van der Waals surface area contributed by atoms with Gasteiger partial charge in [0.2, 0.25) is 0 Å². The van der Waals surface area contributed by atoms with Crippen LogP contribution in [-0.4, -0.2) is 50.6 Å². The summed E-state index contributed by atoms with van der Waals surface area (Å²) in [6.45, 7) is 3.68. The maximum atomic E-state index is 12.5. The largest absolute Gasteiger partial charge is 0.351 e. The number of tetrazole rings is 1. The van der Waals surface area contributed by atoms with E-state index in [1.807, 2.05) is 7.05 Å². The molecule has 1 saturated heterocycles. The van der Waals surface area contributed by atoms with E-state index in [1.54, 1.807) is 16.0 Å². The van der Waals surface area contributed by atoms with Gasteiger partial charge in [0.05, 0.1) is 11.4 Å². The molecule has 1 amide bonds. The van der Waals surface area contributed by atoms with Crippen molar-refractivity contribution in [2.75, 3.05) is 19.6 Å². The lowest BCUT2D eigenvalue weighted by Gasteiger charge is -2.14. The molecule has 0 radical (unpaired) electrons. The molecular formula is C19H28N6OS. The zero-order valence-corrected chi connectivity index (χ0v) is 16.8. The van der Waals surface area contributed by atoms with E-state index in [1.165, 1.54) is 36.1 Å². The van der Waals surface area contributed by atoms with Gasteiger partial charge in [0.25, 0.3) is 5.91 Å². The van der Waals surface area contributed by atoms with Crippen molar-refractivity contribution in [3.63, 3.8) is 0 Å². The van der Waals surface area contributed by atoms with E-state index in [2.05, 4.69) is 31.8 Å². The fourth-order valence-corrected chi connectivity index (χ4v) is 5.30. The van der Waals surface area contributed by atoms with Crippen LogP contribution in [0, 0.1) is 5.92 Å². The van der Waals surface area contributed by atoms with Crippen LogP contribution in [0.3, 0.4) is 0 Å². The zero-order valence-electron chi connectivity index (χ0n) is 16.0. The summed E-state index contributed by atoms with van der Waals surface area (Å²) in [4.78, 5) is 17.2. The molecular weight excluding hydrogens is 360 g/mol. The lowest BCUT2D eigenvalue weighted by atomic mass is 10.1. The summed E-state index contributed by atoms with van der Waals surface area (Å²) in [6.07, 6.45) is 8.32. The molecule has 1 unspecified atom stereocenters. The van der Waals surface area contributed by atoms with Crippen LogP contribution in [0.4, 0.5) is 0 Å². The van der Waals surface area contributed by atoms with E-state index < -0.39 is 0 Å². The fraction of sp³-hybridized carbons (Fsp3) is 0.684. The Morgan fingerprint density at radius 3 is 3.07 bits per heavy atom. The second kappa shape index (κ2) is 8.48. The Labute approximate surface area is 164 Å². The molecule has 1 aliphatic heterocycles. The van der Waals surface area contributed by atoms with Crippen LogP contribution >= 0.6 is 11.3 Å². The third kappa shape index (κ3) is 4.55. The smallest absolute Gasteiger partial charge is 0.261 e. The average molecular weight is 389 g/mol. The summed E-state index contributed by atoms with van der Waals surface area (Å²) < 4.78 is 1.73. The lowest BCUT2D eigenvalue weighted by Crippen LogP contribution is -2.26. The Bertz CT molecular complexity index is 762. The fourth-order valence-electron chi connectivity index (χ4n) is 4.13. The first-order valence-corrected chi connectivity index (χ1v) is 10.8. The van der Waals surface area contributed by atoms with Crippen molar-refractivity contribution in [2.24, 2.45) is 13.0 Å². The molecule has 4 rings (SSSR count). The van der Waals surface area contributed by atoms with E-state index in [9.17, 15) is 4.79 Å². The van der Waals surface area contributed by atoms with Crippen molar-refractivity contribution >= 4 is 17.2 Å². The van der Waals surface area contributed by atoms with Gasteiger partial charge in [-0.2, -0.15) is 0 Å². The molecule has 0 bridgehead atoms. The normalized spacial score (nSPS) is 20.4. The van der Waals surface area contributed by atoms with Gasteiger partial charge >= 0.3 is 0 Å². The number of amides is 1. The number of rotatable bonds is 6. The van der Waals surface area contributed by atoms with Gasteiger partial charge < -0.3 is 5.32 Å². The Balaban J connectivity index is 1.21. The molecule has 1 atom stereocenters. The van der Waals surface area contributed by atoms with Gasteiger partial charge in [0, 0.05) is 25.0 Å². The SMILES string of the molecule is Cn1nnnc1CN1CCC(CCNC(=O)c2cc3c(s2)CCCCC3)C1. The van der Waals surface area contributed by atoms with Gasteiger partial charge in [-0.05, 0) is 73.0 Å². The molecule has 2 aliphatic rings. The summed E-state index contributed by atoms with van der Waals surface area (Å²) in [5, 5.41) is 14.8. The number of aromatic nitrogens is 4. The average Bonchev–Trinajstić information content (AvgIpc) is 3.34. The second-order valence-electron chi connectivity index (χ2n) is 7.77. The van der Waals surface area contributed by atoms with E-state index >= 15 is 0 Å². The van der Waals surface area contributed by atoms with Crippen LogP contribution in [-0.2, 0) is 26.4 Å². The Morgan fingerprint density at radius 1 is 1.33 bits per heavy atom. The van der Waals surface area contributed by atoms with Crippen LogP contribution < -0.4 is 5.32 Å². The molecule has 0 saturated carbocycles. The summed E-state index contributed by atoms with van der Waals surface area (Å²) in [5.74, 6) is 1.64. The predicted molar refractivity (Wildman–Crippen MR) is 105 cm³/mol. The topological polar surface area (TPSA) is 75.9 Å². The molecule has 0 aromatic carbocycles. The van der Waals surface area contributed by atoms with Crippen LogP contribution in [0.25, 0.3) is 0 Å². The number of nitrogens with zero attached hydrogens (tertiary/aromatic N) is 5. The highest BCUT2D eigenvalue weighted by Gasteiger charge is 2.24. The standard InChI is InChI=1S/C19H28N6OS/c1-24-18(21-22-23-24)13-25-10-8-14(12-25)7-9-20-19(26)17-11-15-5-3-2-4-6-16(15)27-17/h11,14H,2-10,12-13H2,1H3,(H,20,26). The van der Waals surface area contributed by atoms with Gasteiger partial charge in [0.1, 0.15) is 0 Å². The minimum Gasteiger partial charge on any atom is -0.351 e. The van der Waals surface area contributed by atoms with E-state index in [-0.39, 0.29) is 5.91 Å². The number of nitrogens with one attached hydrogen (secondary N) is 1. The summed E-state index contributed by atoms with van der Waals surface area (Å²) in [7, 11) is 1.88. The van der Waals surface area contributed by atoms with E-state index in [0.717, 1.165) is 56.1 Å². The molecule has 3 heterocycles. The predicted octanol–water partition coefficient (Wildman–Crippen LogP) is 2.18. The number of thiophene rings is 1. The Hall–Kier alpha value is -1.80. The van der Waals surface area contributed by atoms with Crippen molar-refractivity contribution in [3.05, 3.63) is 27.2 Å². The van der Waals surface area contributed by atoms with Crippen molar-refractivity contribution in [1.82, 2.24) is 30.4 Å². The molecule has 1 N–H and O–H groups in total. The highest BCUT2D eigenvalue weighted by molar-refractivity contribution is 7.14. The second-order valence-corrected chi connectivity index (χ2v) is 8.91.